The Labute approximate surface area is 89.2 Å². The minimum Gasteiger partial charge on any atom is -0.331 e. The summed E-state index contributed by atoms with van der Waals surface area (Å²) >= 11 is 0. The van der Waals surface area contributed by atoms with Crippen molar-refractivity contribution in [2.24, 2.45) is 0 Å². The van der Waals surface area contributed by atoms with E-state index in [1.54, 1.807) is 4.90 Å². The number of aromatic nitrogens is 2. The van der Waals surface area contributed by atoms with Crippen LogP contribution in [0.25, 0.3) is 0 Å². The van der Waals surface area contributed by atoms with Crippen molar-refractivity contribution in [3.63, 3.8) is 0 Å². The first-order valence-electron chi connectivity index (χ1n) is 5.08. The summed E-state index contributed by atoms with van der Waals surface area (Å²) in [5.74, 6) is -0.00745. The number of fused-ring (bicyclic) bond motifs is 1. The molecular formula is C11H15N3O. The lowest BCUT2D eigenvalue weighted by molar-refractivity contribution is -0.127. The lowest BCUT2D eigenvalue weighted by Crippen LogP contribution is -2.39. The fourth-order valence-electron chi connectivity index (χ4n) is 2.02. The maximum atomic E-state index is 11.5. The van der Waals surface area contributed by atoms with Crippen LogP contribution < -0.4 is 0 Å². The largest absolute Gasteiger partial charge is 0.331 e. The molecule has 0 bridgehead atoms. The van der Waals surface area contributed by atoms with Crippen LogP contribution in [0.15, 0.2) is 18.7 Å². The molecule has 1 aliphatic rings. The zero-order valence-electron chi connectivity index (χ0n) is 9.10. The highest BCUT2D eigenvalue weighted by atomic mass is 16.2. The minimum atomic E-state index is -0.00745. The van der Waals surface area contributed by atoms with Crippen LogP contribution in [-0.4, -0.2) is 27.1 Å². The van der Waals surface area contributed by atoms with Gasteiger partial charge in [0.05, 0.1) is 24.0 Å². The van der Waals surface area contributed by atoms with Gasteiger partial charge in [0.25, 0.3) is 0 Å². The molecule has 2 rings (SSSR count). The number of nitrogens with zero attached hydrogens (tertiary/aromatic N) is 3. The molecule has 1 unspecified atom stereocenters. The number of hydrogen-bond acceptors (Lipinski definition) is 2. The van der Waals surface area contributed by atoms with Gasteiger partial charge in [-0.05, 0) is 26.0 Å². The number of carbonyl (C=O) groups excluding carboxylic acids is 1. The Morgan fingerprint density at radius 2 is 2.47 bits per heavy atom. The zero-order valence-corrected chi connectivity index (χ0v) is 9.10. The van der Waals surface area contributed by atoms with Crippen molar-refractivity contribution in [1.29, 1.82) is 0 Å². The lowest BCUT2D eigenvalue weighted by Gasteiger charge is -2.31. The van der Waals surface area contributed by atoms with Crippen LogP contribution in [0.4, 0.5) is 0 Å². The van der Waals surface area contributed by atoms with E-state index in [-0.39, 0.29) is 11.9 Å². The molecule has 1 amide bonds. The van der Waals surface area contributed by atoms with Crippen molar-refractivity contribution in [1.82, 2.24) is 14.7 Å². The van der Waals surface area contributed by atoms with E-state index < -0.39 is 0 Å². The molecule has 4 heteroatoms. The summed E-state index contributed by atoms with van der Waals surface area (Å²) in [5, 5.41) is 4.40. The van der Waals surface area contributed by atoms with Crippen LogP contribution in [0.2, 0.25) is 0 Å². The third-order valence-electron chi connectivity index (χ3n) is 2.68. The quantitative estimate of drug-likeness (QED) is 0.648. The van der Waals surface area contributed by atoms with Crippen molar-refractivity contribution >= 4 is 5.91 Å². The molecule has 0 fully saturated rings. The smallest absolute Gasteiger partial charge is 0.246 e. The SMILES string of the molecule is C=CC(=O)N1Cc2cc(C)nn2C(C)C1. The maximum absolute atomic E-state index is 11.5. The highest BCUT2D eigenvalue weighted by Gasteiger charge is 2.24. The Kier molecular flexibility index (Phi) is 2.34. The van der Waals surface area contributed by atoms with Gasteiger partial charge >= 0.3 is 0 Å². The topological polar surface area (TPSA) is 38.1 Å². The Balaban J connectivity index is 2.29. The molecular weight excluding hydrogens is 190 g/mol. The maximum Gasteiger partial charge on any atom is 0.246 e. The van der Waals surface area contributed by atoms with Crippen molar-refractivity contribution < 1.29 is 4.79 Å². The van der Waals surface area contributed by atoms with Crippen LogP contribution in [0.1, 0.15) is 24.4 Å². The van der Waals surface area contributed by atoms with Gasteiger partial charge in [0.1, 0.15) is 0 Å². The third-order valence-corrected chi connectivity index (χ3v) is 2.68. The van der Waals surface area contributed by atoms with E-state index in [4.69, 9.17) is 0 Å². The van der Waals surface area contributed by atoms with Crippen molar-refractivity contribution in [2.75, 3.05) is 6.54 Å². The zero-order chi connectivity index (χ0) is 11.0. The molecule has 0 saturated heterocycles. The van der Waals surface area contributed by atoms with E-state index in [0.717, 1.165) is 11.4 Å². The minimum absolute atomic E-state index is 0.00745. The summed E-state index contributed by atoms with van der Waals surface area (Å²) in [6, 6.07) is 2.27. The average Bonchev–Trinajstić information content (AvgIpc) is 2.58. The Morgan fingerprint density at radius 3 is 3.13 bits per heavy atom. The summed E-state index contributed by atoms with van der Waals surface area (Å²) in [6.07, 6.45) is 1.37. The number of rotatable bonds is 1. The second kappa shape index (κ2) is 3.53. The molecule has 0 aromatic carbocycles. The number of aryl methyl sites for hydroxylation is 1. The van der Waals surface area contributed by atoms with Gasteiger partial charge in [-0.25, -0.2) is 0 Å². The van der Waals surface area contributed by atoms with Gasteiger partial charge in [0, 0.05) is 6.54 Å². The molecule has 2 heterocycles. The van der Waals surface area contributed by atoms with Crippen molar-refractivity contribution in [3.05, 3.63) is 30.1 Å². The summed E-state index contributed by atoms with van der Waals surface area (Å²) < 4.78 is 2.00. The number of amides is 1. The molecule has 15 heavy (non-hydrogen) atoms. The predicted octanol–water partition coefficient (Wildman–Crippen LogP) is 1.28. The van der Waals surface area contributed by atoms with E-state index in [9.17, 15) is 4.79 Å². The Morgan fingerprint density at radius 1 is 1.73 bits per heavy atom. The van der Waals surface area contributed by atoms with Crippen LogP contribution in [0.5, 0.6) is 0 Å². The molecule has 0 spiro atoms. The van der Waals surface area contributed by atoms with Gasteiger partial charge < -0.3 is 4.90 Å². The van der Waals surface area contributed by atoms with E-state index in [0.29, 0.717) is 13.1 Å². The Bertz CT molecular complexity index is 408. The standard InChI is InChI=1S/C11H15N3O/c1-4-11(15)13-6-9(3)14-10(7-13)5-8(2)12-14/h4-5,9H,1,6-7H2,2-3H3. The van der Waals surface area contributed by atoms with Gasteiger partial charge in [0.2, 0.25) is 5.91 Å². The molecule has 1 aliphatic heterocycles. The van der Waals surface area contributed by atoms with Gasteiger partial charge in [-0.2, -0.15) is 5.10 Å². The van der Waals surface area contributed by atoms with E-state index in [2.05, 4.69) is 18.6 Å². The number of carbonyl (C=O) groups is 1. The van der Waals surface area contributed by atoms with E-state index in [1.807, 2.05) is 17.7 Å². The molecule has 80 valence electrons. The van der Waals surface area contributed by atoms with Gasteiger partial charge in [-0.15, -0.1) is 0 Å². The average molecular weight is 205 g/mol. The monoisotopic (exact) mass is 205 g/mol. The number of hydrogen-bond donors (Lipinski definition) is 0. The molecule has 1 atom stereocenters. The highest BCUT2D eigenvalue weighted by Crippen LogP contribution is 2.21. The highest BCUT2D eigenvalue weighted by molar-refractivity contribution is 5.87. The Hall–Kier alpha value is -1.58. The summed E-state index contributed by atoms with van der Waals surface area (Å²) in [4.78, 5) is 13.3. The summed E-state index contributed by atoms with van der Waals surface area (Å²) in [5.41, 5.74) is 2.10. The van der Waals surface area contributed by atoms with Gasteiger partial charge in [-0.3, -0.25) is 9.48 Å². The summed E-state index contributed by atoms with van der Waals surface area (Å²) in [7, 11) is 0. The first-order valence-corrected chi connectivity index (χ1v) is 5.08. The van der Waals surface area contributed by atoms with E-state index in [1.165, 1.54) is 6.08 Å². The van der Waals surface area contributed by atoms with Crippen LogP contribution in [0, 0.1) is 6.92 Å². The first-order chi connectivity index (χ1) is 7.11. The van der Waals surface area contributed by atoms with Crippen LogP contribution in [-0.2, 0) is 11.3 Å². The predicted molar refractivity (Wildman–Crippen MR) is 57.3 cm³/mol. The molecule has 0 radical (unpaired) electrons. The third kappa shape index (κ3) is 1.67. The van der Waals surface area contributed by atoms with Crippen molar-refractivity contribution in [2.45, 2.75) is 26.4 Å². The van der Waals surface area contributed by atoms with Crippen LogP contribution >= 0.6 is 0 Å². The second-order valence-electron chi connectivity index (χ2n) is 3.99. The molecule has 0 N–H and O–H groups in total. The molecule has 1 aromatic rings. The summed E-state index contributed by atoms with van der Waals surface area (Å²) in [6.45, 7) is 8.89. The van der Waals surface area contributed by atoms with Gasteiger partial charge in [0.15, 0.2) is 0 Å². The molecule has 4 nitrogen and oxygen atoms in total. The lowest BCUT2D eigenvalue weighted by atomic mass is 10.2. The second-order valence-corrected chi connectivity index (χ2v) is 3.99. The normalized spacial score (nSPS) is 19.9. The molecule has 1 aromatic heterocycles. The fourth-order valence-corrected chi connectivity index (χ4v) is 2.02. The van der Waals surface area contributed by atoms with Crippen molar-refractivity contribution in [3.8, 4) is 0 Å². The fraction of sp³-hybridized carbons (Fsp3) is 0.455. The molecule has 0 aliphatic carbocycles. The molecule has 0 saturated carbocycles. The first kappa shape index (κ1) is 9.96. The van der Waals surface area contributed by atoms with Crippen LogP contribution in [0.3, 0.4) is 0 Å². The van der Waals surface area contributed by atoms with Gasteiger partial charge in [-0.1, -0.05) is 6.58 Å². The van der Waals surface area contributed by atoms with E-state index >= 15 is 0 Å².